The summed E-state index contributed by atoms with van der Waals surface area (Å²) in [5, 5.41) is 17.7. The number of esters is 4. The van der Waals surface area contributed by atoms with Gasteiger partial charge in [0.05, 0.1) is 0 Å². The molecule has 5 rings (SSSR count). The summed E-state index contributed by atoms with van der Waals surface area (Å²) in [4.78, 5) is 122. The molecule has 4 aromatic rings. The predicted octanol–water partition coefficient (Wildman–Crippen LogP) is 6.55. The van der Waals surface area contributed by atoms with Crippen molar-refractivity contribution < 1.29 is 57.3 Å². The van der Waals surface area contributed by atoms with Crippen LogP contribution in [0.4, 0.5) is 0 Å². The molecular weight excluding hydrogens is 1060 g/mol. The zero-order chi connectivity index (χ0) is 59.1. The van der Waals surface area contributed by atoms with Gasteiger partial charge in [0, 0.05) is 53.9 Å². The number of benzene rings is 2. The third-order valence-corrected chi connectivity index (χ3v) is 15.3. The van der Waals surface area contributed by atoms with E-state index in [0.717, 1.165) is 40.7 Å². The molecule has 8 atom stereocenters. The molecule has 22 heteroatoms. The fourth-order valence-corrected chi connectivity index (χ4v) is 10.5. The number of carbonyl (C=O) groups excluding carboxylic acids is 8. The second-order valence-corrected chi connectivity index (χ2v) is 24.3. The molecule has 0 radical (unpaired) electrons. The van der Waals surface area contributed by atoms with Crippen molar-refractivity contribution in [1.29, 1.82) is 0 Å². The van der Waals surface area contributed by atoms with E-state index in [4.69, 9.17) is 18.9 Å². The molecule has 4 amide bonds. The Morgan fingerprint density at radius 1 is 0.412 bits per heavy atom. The Morgan fingerprint density at radius 3 is 0.938 bits per heavy atom. The van der Waals surface area contributed by atoms with Gasteiger partial charge in [-0.1, -0.05) is 104 Å². The predicted molar refractivity (Wildman–Crippen MR) is 301 cm³/mol. The van der Waals surface area contributed by atoms with E-state index < -0.39 is 96.1 Å². The van der Waals surface area contributed by atoms with Crippen molar-refractivity contribution in [2.45, 2.75) is 169 Å². The van der Waals surface area contributed by atoms with Gasteiger partial charge in [-0.3, -0.25) is 19.2 Å². The molecule has 2 aromatic heterocycles. The SMILES string of the molecule is CC(C)CC1C(=O)O[C@H](Cc2ccc(Cc3nncs3)cc2)C(=O)N(C)[C@@H](CC(C)C)C(=O)O[C@H](C)C(=O)N(C)[C@@H](CC(C)C)C(=O)O[C@H](Cc2ccc(Cc3nncs3)cc2)C(=O)N(C)[C@@H](CC(C)C)C(=O)O[C@H](C)C(=O)N1C. The highest BCUT2D eigenvalue weighted by Crippen LogP contribution is 2.25. The highest BCUT2D eigenvalue weighted by Gasteiger charge is 2.43. The largest absolute Gasteiger partial charge is 0.451 e. The zero-order valence-electron chi connectivity index (χ0n) is 48.7. The van der Waals surface area contributed by atoms with Gasteiger partial charge in [0.1, 0.15) is 45.2 Å². The summed E-state index contributed by atoms with van der Waals surface area (Å²) in [6, 6.07) is 9.52. The van der Waals surface area contributed by atoms with Gasteiger partial charge in [-0.15, -0.1) is 43.1 Å². The van der Waals surface area contributed by atoms with E-state index in [1.165, 1.54) is 64.7 Å². The van der Waals surface area contributed by atoms with Crippen LogP contribution in [0.25, 0.3) is 0 Å². The molecule has 80 heavy (non-hydrogen) atoms. The third-order valence-electron chi connectivity index (χ3n) is 13.9. The molecule has 436 valence electrons. The smallest absolute Gasteiger partial charge is 0.329 e. The van der Waals surface area contributed by atoms with Crippen molar-refractivity contribution in [1.82, 2.24) is 40.0 Å². The van der Waals surface area contributed by atoms with Gasteiger partial charge in [0.15, 0.2) is 24.4 Å². The van der Waals surface area contributed by atoms with Crippen molar-refractivity contribution in [2.24, 2.45) is 23.7 Å². The topological polar surface area (TPSA) is 238 Å². The van der Waals surface area contributed by atoms with Crippen molar-refractivity contribution in [3.05, 3.63) is 91.8 Å². The summed E-state index contributed by atoms with van der Waals surface area (Å²) in [6.07, 6.45) is -4.93. The number of amides is 4. The maximum Gasteiger partial charge on any atom is 0.329 e. The van der Waals surface area contributed by atoms with Crippen LogP contribution < -0.4 is 0 Å². The molecule has 1 aliphatic heterocycles. The Kier molecular flexibility index (Phi) is 23.8. The number of hydrogen-bond donors (Lipinski definition) is 0. The fraction of sp³-hybridized carbons (Fsp3) is 0.586. The van der Waals surface area contributed by atoms with Crippen LogP contribution in [0.15, 0.2) is 59.6 Å². The van der Waals surface area contributed by atoms with Gasteiger partial charge < -0.3 is 38.5 Å². The van der Waals surface area contributed by atoms with Crippen molar-refractivity contribution in [3.8, 4) is 0 Å². The van der Waals surface area contributed by atoms with Crippen molar-refractivity contribution in [3.63, 3.8) is 0 Å². The Hall–Kier alpha value is -6.68. The minimum absolute atomic E-state index is 0.0822. The molecule has 1 fully saturated rings. The maximum atomic E-state index is 15.0. The Morgan fingerprint density at radius 2 is 0.675 bits per heavy atom. The minimum atomic E-state index is -1.53. The molecule has 0 spiro atoms. The van der Waals surface area contributed by atoms with Crippen LogP contribution in [0.3, 0.4) is 0 Å². The number of hydrogen-bond acceptors (Lipinski definition) is 18. The van der Waals surface area contributed by atoms with Gasteiger partial charge in [0.2, 0.25) is 0 Å². The van der Waals surface area contributed by atoms with Gasteiger partial charge >= 0.3 is 23.9 Å². The van der Waals surface area contributed by atoms with Crippen LogP contribution in [0.1, 0.15) is 127 Å². The Labute approximate surface area is 478 Å². The monoisotopic (exact) mass is 1140 g/mol. The molecule has 1 saturated heterocycles. The normalized spacial score (nSPS) is 23.2. The molecule has 0 saturated carbocycles. The zero-order valence-corrected chi connectivity index (χ0v) is 50.3. The first-order chi connectivity index (χ1) is 37.7. The summed E-state index contributed by atoms with van der Waals surface area (Å²) in [5.74, 6) is -7.44. The summed E-state index contributed by atoms with van der Waals surface area (Å²) >= 11 is 2.83. The van der Waals surface area contributed by atoms with Crippen molar-refractivity contribution >= 4 is 70.2 Å². The van der Waals surface area contributed by atoms with Gasteiger partial charge in [-0.25, -0.2) is 19.2 Å². The summed E-state index contributed by atoms with van der Waals surface area (Å²) in [7, 11) is 5.56. The van der Waals surface area contributed by atoms with Crippen LogP contribution in [-0.2, 0) is 83.0 Å². The summed E-state index contributed by atoms with van der Waals surface area (Å²) < 4.78 is 24.2. The number of rotatable bonds is 16. The Balaban J connectivity index is 1.59. The number of nitrogens with zero attached hydrogens (tertiary/aromatic N) is 8. The number of likely N-dealkylation sites (N-methyl/N-ethyl adjacent to an activating group) is 4. The molecule has 0 aliphatic carbocycles. The number of aromatic nitrogens is 4. The molecule has 3 heterocycles. The summed E-state index contributed by atoms with van der Waals surface area (Å²) in [6.45, 7) is 17.5. The average molecular weight is 1150 g/mol. The fourth-order valence-electron chi connectivity index (χ4n) is 9.39. The van der Waals surface area contributed by atoms with E-state index in [2.05, 4.69) is 20.4 Å². The molecule has 20 nitrogen and oxygen atoms in total. The van der Waals surface area contributed by atoms with Crippen LogP contribution in [0.5, 0.6) is 0 Å². The van der Waals surface area contributed by atoms with E-state index in [1.807, 2.05) is 79.7 Å². The van der Waals surface area contributed by atoms with Gasteiger partial charge in [0.25, 0.3) is 23.6 Å². The molecular formula is C58H80N8O12S2. The van der Waals surface area contributed by atoms with E-state index in [1.54, 1.807) is 35.3 Å². The minimum Gasteiger partial charge on any atom is -0.451 e. The van der Waals surface area contributed by atoms with Crippen LogP contribution in [0, 0.1) is 23.7 Å². The second kappa shape index (κ2) is 29.7. The lowest BCUT2D eigenvalue weighted by atomic mass is 9.99. The van der Waals surface area contributed by atoms with Gasteiger partial charge in [-0.2, -0.15) is 0 Å². The van der Waals surface area contributed by atoms with E-state index in [0.29, 0.717) is 24.0 Å². The standard InChI is InChI=1S/C58H80N8O12S2/c1-33(2)23-43-55(71)75-37(9)51(67)63(11)46(26-36(7)8)58(74)78-48(28-40-17-21-42(22-18-40)30-50-62-60-32-80-50)54(70)66(14)44(24-34(3)4)56(72)76-38(10)52(68)64(12)45(25-35(5)6)57(73)77-47(53(69)65(43)13)27-39-15-19-41(20-16-39)29-49-61-59-31-79-49/h15-22,31-38,43-48H,23-30H2,1-14H3/t37-,38-,43+,44+,45+,46?,47-,48-/m1/s1. The van der Waals surface area contributed by atoms with E-state index in [9.17, 15) is 38.4 Å². The quantitative estimate of drug-likeness (QED) is 0.0854. The van der Waals surface area contributed by atoms with Crippen LogP contribution >= 0.6 is 22.7 Å². The third kappa shape index (κ3) is 18.2. The number of cyclic esters (lactones) is 4. The lowest BCUT2D eigenvalue weighted by Gasteiger charge is -2.35. The average Bonchev–Trinajstić information content (AvgIpc) is 4.14. The first kappa shape index (κ1) is 64.1. The van der Waals surface area contributed by atoms with Crippen LogP contribution in [0.2, 0.25) is 0 Å². The van der Waals surface area contributed by atoms with Gasteiger partial charge in [-0.05, 0) is 85.5 Å². The highest BCUT2D eigenvalue weighted by molar-refractivity contribution is 7.09. The maximum absolute atomic E-state index is 15.0. The van der Waals surface area contributed by atoms with E-state index >= 15 is 0 Å². The first-order valence-electron chi connectivity index (χ1n) is 27.3. The molecule has 1 aliphatic rings. The van der Waals surface area contributed by atoms with Crippen molar-refractivity contribution in [2.75, 3.05) is 28.2 Å². The molecule has 1 unspecified atom stereocenters. The molecule has 0 bridgehead atoms. The second-order valence-electron chi connectivity index (χ2n) is 22.4. The first-order valence-corrected chi connectivity index (χ1v) is 29.0. The molecule has 0 N–H and O–H groups in total. The van der Waals surface area contributed by atoms with Crippen LogP contribution in [-0.4, -0.2) is 164 Å². The highest BCUT2D eigenvalue weighted by atomic mass is 32.1. The van der Waals surface area contributed by atoms with E-state index in [-0.39, 0.29) is 62.2 Å². The Bertz CT molecular complexity index is 2500. The number of ether oxygens (including phenoxy) is 4. The number of carbonyl (C=O) groups is 8. The molecule has 2 aromatic carbocycles. The summed E-state index contributed by atoms with van der Waals surface area (Å²) in [5.41, 5.74) is 6.36. The lowest BCUT2D eigenvalue weighted by Crippen LogP contribution is -2.55. The lowest BCUT2D eigenvalue weighted by molar-refractivity contribution is -0.176.